The van der Waals surface area contributed by atoms with Gasteiger partial charge in [0.2, 0.25) is 0 Å². The number of hydrogen-bond acceptors (Lipinski definition) is 2. The zero-order valence-corrected chi connectivity index (χ0v) is 12.3. The summed E-state index contributed by atoms with van der Waals surface area (Å²) in [6.45, 7) is 3.63. The van der Waals surface area contributed by atoms with Gasteiger partial charge in [0.1, 0.15) is 11.6 Å². The van der Waals surface area contributed by atoms with Crippen LogP contribution < -0.4 is 11.5 Å². The summed E-state index contributed by atoms with van der Waals surface area (Å²) in [5.41, 5.74) is 12.7. The van der Waals surface area contributed by atoms with Crippen LogP contribution in [0.1, 0.15) is 11.1 Å². The highest BCUT2D eigenvalue weighted by Crippen LogP contribution is 2.23. The number of aryl methyl sites for hydroxylation is 2. The number of nitrogen functional groups attached to an aromatic ring is 2. The SMILES string of the molecule is Cc1cc(F)c(N)c(Br)c1.Cc1ccc(N)c(F)c1. The lowest BCUT2D eigenvalue weighted by atomic mass is 10.2. The summed E-state index contributed by atoms with van der Waals surface area (Å²) in [6, 6.07) is 7.93. The second-order valence-corrected chi connectivity index (χ2v) is 5.02. The van der Waals surface area contributed by atoms with Gasteiger partial charge in [-0.1, -0.05) is 6.07 Å². The van der Waals surface area contributed by atoms with E-state index in [4.69, 9.17) is 11.5 Å². The summed E-state index contributed by atoms with van der Waals surface area (Å²) in [6.07, 6.45) is 0. The van der Waals surface area contributed by atoms with Gasteiger partial charge in [-0.25, -0.2) is 8.78 Å². The predicted molar refractivity (Wildman–Crippen MR) is 78.8 cm³/mol. The van der Waals surface area contributed by atoms with Crippen LogP contribution in [0.2, 0.25) is 0 Å². The molecule has 2 nitrogen and oxygen atoms in total. The van der Waals surface area contributed by atoms with Crippen LogP contribution in [0.25, 0.3) is 0 Å². The van der Waals surface area contributed by atoms with Crippen LogP contribution in [-0.4, -0.2) is 0 Å². The van der Waals surface area contributed by atoms with Crippen LogP contribution in [0.3, 0.4) is 0 Å². The highest BCUT2D eigenvalue weighted by atomic mass is 79.9. The molecule has 0 aromatic heterocycles. The number of nitrogens with two attached hydrogens (primary N) is 2. The van der Waals surface area contributed by atoms with Gasteiger partial charge in [0.05, 0.1) is 11.4 Å². The van der Waals surface area contributed by atoms with Crippen LogP contribution in [-0.2, 0) is 0 Å². The monoisotopic (exact) mass is 328 g/mol. The van der Waals surface area contributed by atoms with E-state index in [2.05, 4.69) is 15.9 Å². The number of benzene rings is 2. The van der Waals surface area contributed by atoms with Crippen molar-refractivity contribution >= 4 is 27.3 Å². The van der Waals surface area contributed by atoms with E-state index >= 15 is 0 Å². The van der Waals surface area contributed by atoms with Gasteiger partial charge in [0.25, 0.3) is 0 Å². The van der Waals surface area contributed by atoms with Crippen molar-refractivity contribution < 1.29 is 8.78 Å². The van der Waals surface area contributed by atoms with Gasteiger partial charge >= 0.3 is 0 Å². The van der Waals surface area contributed by atoms with Gasteiger partial charge in [-0.05, 0) is 65.2 Å². The number of anilines is 2. The van der Waals surface area contributed by atoms with Crippen LogP contribution in [0.4, 0.5) is 20.2 Å². The van der Waals surface area contributed by atoms with Crippen LogP contribution in [0.15, 0.2) is 34.8 Å². The fourth-order valence-electron chi connectivity index (χ4n) is 1.34. The van der Waals surface area contributed by atoms with Gasteiger partial charge < -0.3 is 11.5 Å². The first-order valence-corrected chi connectivity index (χ1v) is 6.33. The summed E-state index contributed by atoms with van der Waals surface area (Å²) in [7, 11) is 0. The van der Waals surface area contributed by atoms with Crippen molar-refractivity contribution in [3.63, 3.8) is 0 Å². The molecule has 0 saturated heterocycles. The second kappa shape index (κ2) is 6.52. The fraction of sp³-hybridized carbons (Fsp3) is 0.143. The van der Waals surface area contributed by atoms with E-state index in [1.165, 1.54) is 12.1 Å². The minimum Gasteiger partial charge on any atom is -0.396 e. The molecule has 19 heavy (non-hydrogen) atoms. The molecule has 0 amide bonds. The zero-order chi connectivity index (χ0) is 14.6. The van der Waals surface area contributed by atoms with Gasteiger partial charge in [-0.15, -0.1) is 0 Å². The topological polar surface area (TPSA) is 52.0 Å². The largest absolute Gasteiger partial charge is 0.396 e. The molecule has 0 unspecified atom stereocenters. The average Bonchev–Trinajstić information content (AvgIpc) is 2.32. The lowest BCUT2D eigenvalue weighted by molar-refractivity contribution is 0.630. The molecule has 0 heterocycles. The molecule has 0 saturated carbocycles. The van der Waals surface area contributed by atoms with E-state index < -0.39 is 0 Å². The molecular weight excluding hydrogens is 314 g/mol. The Morgan fingerprint density at radius 3 is 1.95 bits per heavy atom. The zero-order valence-electron chi connectivity index (χ0n) is 10.7. The molecule has 0 aliphatic rings. The summed E-state index contributed by atoms with van der Waals surface area (Å²) in [5, 5.41) is 0. The van der Waals surface area contributed by atoms with Crippen molar-refractivity contribution in [3.8, 4) is 0 Å². The van der Waals surface area contributed by atoms with Gasteiger partial charge in [0.15, 0.2) is 0 Å². The number of halogens is 3. The van der Waals surface area contributed by atoms with Gasteiger partial charge in [-0.2, -0.15) is 0 Å². The summed E-state index contributed by atoms with van der Waals surface area (Å²) >= 11 is 3.13. The Balaban J connectivity index is 0.000000191. The molecule has 4 N–H and O–H groups in total. The van der Waals surface area contributed by atoms with Crippen molar-refractivity contribution in [2.75, 3.05) is 11.5 Å². The van der Waals surface area contributed by atoms with E-state index in [0.717, 1.165) is 11.1 Å². The Labute approximate surface area is 119 Å². The quantitative estimate of drug-likeness (QED) is 0.712. The predicted octanol–water partition coefficient (Wildman–Crippen LogP) is 4.20. The van der Waals surface area contributed by atoms with Crippen LogP contribution >= 0.6 is 15.9 Å². The molecule has 0 fully saturated rings. The van der Waals surface area contributed by atoms with E-state index in [1.54, 1.807) is 18.2 Å². The van der Waals surface area contributed by atoms with Crippen molar-refractivity contribution in [1.82, 2.24) is 0 Å². The molecule has 2 aromatic carbocycles. The minimum absolute atomic E-state index is 0.172. The smallest absolute Gasteiger partial charge is 0.147 e. The maximum atomic E-state index is 12.7. The van der Waals surface area contributed by atoms with Crippen molar-refractivity contribution in [3.05, 3.63) is 57.6 Å². The molecule has 102 valence electrons. The Hall–Kier alpha value is -1.62. The van der Waals surface area contributed by atoms with Gasteiger partial charge in [0, 0.05) is 4.47 Å². The third-order valence-electron chi connectivity index (χ3n) is 2.38. The Morgan fingerprint density at radius 2 is 1.47 bits per heavy atom. The fourth-order valence-corrected chi connectivity index (χ4v) is 1.89. The first-order valence-electron chi connectivity index (χ1n) is 5.54. The minimum atomic E-state index is -0.369. The Morgan fingerprint density at radius 1 is 0.895 bits per heavy atom. The molecule has 0 bridgehead atoms. The third-order valence-corrected chi connectivity index (χ3v) is 3.04. The molecule has 2 aromatic rings. The summed E-state index contributed by atoms with van der Waals surface area (Å²) in [4.78, 5) is 0. The van der Waals surface area contributed by atoms with Crippen molar-refractivity contribution in [2.45, 2.75) is 13.8 Å². The average molecular weight is 329 g/mol. The summed E-state index contributed by atoms with van der Waals surface area (Å²) in [5.74, 6) is -0.707. The van der Waals surface area contributed by atoms with E-state index in [9.17, 15) is 8.78 Å². The second-order valence-electron chi connectivity index (χ2n) is 4.17. The molecule has 0 spiro atoms. The van der Waals surface area contributed by atoms with Crippen LogP contribution in [0, 0.1) is 25.5 Å². The van der Waals surface area contributed by atoms with Crippen LogP contribution in [0.5, 0.6) is 0 Å². The lowest BCUT2D eigenvalue weighted by Crippen LogP contribution is -1.92. The lowest BCUT2D eigenvalue weighted by Gasteiger charge is -2.00. The highest BCUT2D eigenvalue weighted by Gasteiger charge is 2.02. The van der Waals surface area contributed by atoms with Gasteiger partial charge in [-0.3, -0.25) is 0 Å². The van der Waals surface area contributed by atoms with E-state index in [0.29, 0.717) is 4.47 Å². The van der Waals surface area contributed by atoms with Crippen molar-refractivity contribution in [1.29, 1.82) is 0 Å². The summed E-state index contributed by atoms with van der Waals surface area (Å²) < 4.78 is 25.8. The molecule has 2 rings (SSSR count). The standard InChI is InChI=1S/C7H7BrFN.C7H8FN/c1-4-2-5(8)7(10)6(9)3-4;1-5-2-3-7(9)6(8)4-5/h2-3H,10H2,1H3;2-4H,9H2,1H3. The Kier molecular flexibility index (Phi) is 5.30. The number of rotatable bonds is 0. The molecule has 0 aliphatic heterocycles. The Bertz CT molecular complexity index is 563. The maximum absolute atomic E-state index is 12.7. The highest BCUT2D eigenvalue weighted by molar-refractivity contribution is 9.10. The molecule has 0 atom stereocenters. The van der Waals surface area contributed by atoms with E-state index in [-0.39, 0.29) is 23.0 Å². The molecule has 0 aliphatic carbocycles. The first kappa shape index (κ1) is 15.4. The molecular formula is C14H15BrF2N2. The normalized spacial score (nSPS) is 9.74. The third kappa shape index (κ3) is 4.52. The van der Waals surface area contributed by atoms with Crippen molar-refractivity contribution in [2.24, 2.45) is 0 Å². The first-order chi connectivity index (χ1) is 8.81. The molecule has 5 heteroatoms. The molecule has 0 radical (unpaired) electrons. The maximum Gasteiger partial charge on any atom is 0.147 e. The van der Waals surface area contributed by atoms with E-state index in [1.807, 2.05) is 13.8 Å². The number of hydrogen-bond donors (Lipinski definition) is 2.